The van der Waals surface area contributed by atoms with Crippen molar-refractivity contribution in [2.75, 3.05) is 6.54 Å². The van der Waals surface area contributed by atoms with Crippen LogP contribution in [0.2, 0.25) is 1.41 Å². The number of nitrogens with one attached hydrogen (secondary N) is 1. The Labute approximate surface area is 43.9 Å². The molecule has 2 nitrogen and oxygen atoms in total. The lowest BCUT2D eigenvalue weighted by molar-refractivity contribution is 0.147. The molecule has 0 atom stereocenters. The molecule has 2 heteroatoms. The number of hydroxylamine groups is 1. The highest BCUT2D eigenvalue weighted by Gasteiger charge is 1.77. The first kappa shape index (κ1) is 3.27. The van der Waals surface area contributed by atoms with Crippen molar-refractivity contribution in [1.82, 2.24) is 5.47 Å². The number of allylic oxidation sites excluding steroid dienone is 2. The molecule has 0 aromatic carbocycles. The van der Waals surface area contributed by atoms with E-state index in [1.165, 1.54) is 6.26 Å². The van der Waals surface area contributed by atoms with Crippen LogP contribution < -0.4 is 5.47 Å². The molecule has 7 heavy (non-hydrogen) atoms. The minimum absolute atomic E-state index is 0.521. The molecule has 1 rings (SSSR count). The summed E-state index contributed by atoms with van der Waals surface area (Å²) in [5.74, 6) is 0. The van der Waals surface area contributed by atoms with Gasteiger partial charge in [0.2, 0.25) is 0 Å². The fraction of sp³-hybridized carbons (Fsp3) is 0.200. The van der Waals surface area contributed by atoms with Crippen LogP contribution in [-0.2, 0) is 4.84 Å². The highest BCUT2D eigenvalue weighted by atomic mass is 16.6. The van der Waals surface area contributed by atoms with Crippen molar-refractivity contribution in [3.63, 3.8) is 0 Å². The maximum absolute atomic E-state index is 6.92. The first-order chi connectivity index (χ1) is 3.89. The second-order valence-corrected chi connectivity index (χ2v) is 1.17. The molecule has 38 valence electrons. The highest BCUT2D eigenvalue weighted by molar-refractivity contribution is 5.01. The van der Waals surface area contributed by atoms with Gasteiger partial charge in [0.05, 0.1) is 6.54 Å². The van der Waals surface area contributed by atoms with Crippen molar-refractivity contribution in [3.05, 3.63) is 24.5 Å². The minimum atomic E-state index is 0.521. The molecule has 0 aromatic heterocycles. The van der Waals surface area contributed by atoms with Crippen molar-refractivity contribution in [2.45, 2.75) is 0 Å². The van der Waals surface area contributed by atoms with E-state index in [1.807, 2.05) is 12.2 Å². The Kier molecular flexibility index (Phi) is 1.13. The first-order valence-corrected chi connectivity index (χ1v) is 2.14. The Bertz CT molecular complexity index is 108. The van der Waals surface area contributed by atoms with Gasteiger partial charge in [-0.15, -0.1) is 0 Å². The van der Waals surface area contributed by atoms with Crippen molar-refractivity contribution >= 4 is 0 Å². The molecule has 0 aromatic rings. The molecule has 1 aliphatic heterocycles. The van der Waals surface area contributed by atoms with Gasteiger partial charge < -0.3 is 4.84 Å². The summed E-state index contributed by atoms with van der Waals surface area (Å²) in [6.07, 6.45) is 6.90. The van der Waals surface area contributed by atoms with Gasteiger partial charge in [0, 0.05) is 0 Å². The van der Waals surface area contributed by atoms with E-state index in [1.54, 1.807) is 6.08 Å². The lowest BCUT2D eigenvalue weighted by Crippen LogP contribution is -2.08. The van der Waals surface area contributed by atoms with Crippen LogP contribution in [0.3, 0.4) is 0 Å². The fourth-order valence-corrected chi connectivity index (χ4v) is 0.349. The third-order valence-electron chi connectivity index (χ3n) is 0.641. The standard InChI is InChI=1S/C5H7NO/c1-2-4-6-7-5-3-1/h1-3,5-6H,4H2/i/hD. The first-order valence-electron chi connectivity index (χ1n) is 2.59. The minimum Gasteiger partial charge on any atom is -0.416 e. The summed E-state index contributed by atoms with van der Waals surface area (Å²) < 4.78 is 6.92. The van der Waals surface area contributed by atoms with E-state index in [0.717, 1.165) is 5.47 Å². The van der Waals surface area contributed by atoms with Crippen LogP contribution in [0, 0.1) is 0 Å². The Morgan fingerprint density at radius 2 is 2.71 bits per heavy atom. The smallest absolute Gasteiger partial charge is 0.169 e. The van der Waals surface area contributed by atoms with Crippen molar-refractivity contribution < 1.29 is 6.25 Å². The summed E-state index contributed by atoms with van der Waals surface area (Å²) in [5.41, 5.74) is 1.00. The molecule has 0 fully saturated rings. The van der Waals surface area contributed by atoms with Gasteiger partial charge in [-0.25, -0.2) is 0 Å². The summed E-state index contributed by atoms with van der Waals surface area (Å²) in [7, 11) is 0. The number of hydrogen-bond acceptors (Lipinski definition) is 2. The molecule has 0 aliphatic carbocycles. The normalized spacial score (nSPS) is 23.1. The van der Waals surface area contributed by atoms with Gasteiger partial charge in [0.1, 0.15) is 6.26 Å². The molecule has 0 radical (unpaired) electrons. The Morgan fingerprint density at radius 1 is 1.71 bits per heavy atom. The van der Waals surface area contributed by atoms with Gasteiger partial charge in [-0.1, -0.05) is 12.2 Å². The molecule has 0 saturated carbocycles. The van der Waals surface area contributed by atoms with E-state index in [0.29, 0.717) is 6.54 Å². The zero-order valence-electron chi connectivity index (χ0n) is 4.87. The predicted molar refractivity (Wildman–Crippen MR) is 27.4 cm³/mol. The van der Waals surface area contributed by atoms with E-state index >= 15 is 0 Å². The molecule has 0 unspecified atom stereocenters. The fourth-order valence-electron chi connectivity index (χ4n) is 0.349. The zero-order chi connectivity index (χ0) is 5.82. The van der Waals surface area contributed by atoms with Crippen LogP contribution in [0.15, 0.2) is 24.5 Å². The lowest BCUT2D eigenvalue weighted by Gasteiger charge is -1.92. The van der Waals surface area contributed by atoms with Gasteiger partial charge in [-0.05, 0) is 6.08 Å². The molecule has 1 aliphatic rings. The topological polar surface area (TPSA) is 21.3 Å². The van der Waals surface area contributed by atoms with E-state index in [4.69, 9.17) is 1.41 Å². The highest BCUT2D eigenvalue weighted by Crippen LogP contribution is 1.81. The number of rotatable bonds is 0. The van der Waals surface area contributed by atoms with Crippen molar-refractivity contribution in [3.8, 4) is 0 Å². The zero-order valence-corrected chi connectivity index (χ0v) is 3.87. The average Bonchev–Trinajstić information content (AvgIpc) is 1.94. The average molecular weight is 98.1 g/mol. The van der Waals surface area contributed by atoms with Gasteiger partial charge in [0.25, 0.3) is 0 Å². The van der Waals surface area contributed by atoms with Crippen LogP contribution in [-0.4, -0.2) is 6.54 Å². The molecule has 1 heterocycles. The summed E-state index contributed by atoms with van der Waals surface area (Å²) >= 11 is 0. The monoisotopic (exact) mass is 98.1 g/mol. The molecular formula is C5H7NO. The van der Waals surface area contributed by atoms with Crippen LogP contribution in [0.1, 0.15) is 0 Å². The van der Waals surface area contributed by atoms with Gasteiger partial charge in [-0.3, -0.25) is 0 Å². The quantitative estimate of drug-likeness (QED) is 0.478. The molecular weight excluding hydrogens is 90.1 g/mol. The van der Waals surface area contributed by atoms with Crippen LogP contribution in [0.5, 0.6) is 0 Å². The molecule has 0 bridgehead atoms. The van der Waals surface area contributed by atoms with Crippen LogP contribution >= 0.6 is 0 Å². The summed E-state index contributed by atoms with van der Waals surface area (Å²) in [4.78, 5) is 4.66. The third kappa shape index (κ3) is 1.41. The van der Waals surface area contributed by atoms with Crippen molar-refractivity contribution in [1.29, 1.82) is 0 Å². The SMILES string of the molecule is [2H]N1CC=CC=CO1. The van der Waals surface area contributed by atoms with E-state index in [-0.39, 0.29) is 0 Å². The second kappa shape index (κ2) is 2.42. The Hall–Kier alpha value is -0.760. The van der Waals surface area contributed by atoms with Gasteiger partial charge in [-0.2, -0.15) is 5.47 Å². The maximum atomic E-state index is 6.92. The van der Waals surface area contributed by atoms with E-state index in [9.17, 15) is 0 Å². The molecule has 0 amide bonds. The van der Waals surface area contributed by atoms with E-state index in [2.05, 4.69) is 4.84 Å². The largest absolute Gasteiger partial charge is 0.416 e. The summed E-state index contributed by atoms with van der Waals surface area (Å²) in [5, 5.41) is 0. The Balaban J connectivity index is 2.45. The molecule has 0 spiro atoms. The lowest BCUT2D eigenvalue weighted by atomic mass is 10.5. The van der Waals surface area contributed by atoms with Gasteiger partial charge in [0.15, 0.2) is 1.41 Å². The Morgan fingerprint density at radius 3 is 3.71 bits per heavy atom. The van der Waals surface area contributed by atoms with Crippen molar-refractivity contribution in [2.24, 2.45) is 0 Å². The second-order valence-electron chi connectivity index (χ2n) is 1.17. The molecule has 1 N–H and O–H groups in total. The number of hydrogen-bond donors (Lipinski definition) is 1. The van der Waals surface area contributed by atoms with Crippen LogP contribution in [0.4, 0.5) is 0 Å². The summed E-state index contributed by atoms with van der Waals surface area (Å²) in [6, 6.07) is 0. The predicted octanol–water partition coefficient (Wildman–Crippen LogP) is 0.591. The van der Waals surface area contributed by atoms with Crippen LogP contribution in [0.25, 0.3) is 0 Å². The van der Waals surface area contributed by atoms with E-state index < -0.39 is 0 Å². The maximum Gasteiger partial charge on any atom is 0.169 e. The summed E-state index contributed by atoms with van der Waals surface area (Å²) in [6.45, 7) is 0.521. The molecule has 0 saturated heterocycles. The van der Waals surface area contributed by atoms with Gasteiger partial charge >= 0.3 is 0 Å². The third-order valence-corrected chi connectivity index (χ3v) is 0.641.